The van der Waals surface area contributed by atoms with Crippen LogP contribution < -0.4 is 5.32 Å². The summed E-state index contributed by atoms with van der Waals surface area (Å²) in [6.07, 6.45) is 0. The van der Waals surface area contributed by atoms with Gasteiger partial charge in [-0.15, -0.1) is 0 Å². The number of hydrogen-bond acceptors (Lipinski definition) is 2. The average Bonchev–Trinajstić information content (AvgIpc) is 2.87. The summed E-state index contributed by atoms with van der Waals surface area (Å²) in [6, 6.07) is 13.3. The Morgan fingerprint density at radius 1 is 1.15 bits per heavy atom. The molecule has 0 aliphatic rings. The number of furan rings is 1. The number of nitrogens with one attached hydrogen (secondary N) is 1. The number of para-hydroxylation sites is 1. The van der Waals surface area contributed by atoms with Crippen LogP contribution in [0, 0.1) is 5.82 Å². The van der Waals surface area contributed by atoms with Crippen LogP contribution in [0.3, 0.4) is 0 Å². The Kier molecular flexibility index (Phi) is 3.28. The van der Waals surface area contributed by atoms with E-state index in [4.69, 9.17) is 4.42 Å². The van der Waals surface area contributed by atoms with E-state index in [-0.39, 0.29) is 17.5 Å². The highest BCUT2D eigenvalue weighted by Gasteiger charge is 2.12. The summed E-state index contributed by atoms with van der Waals surface area (Å²) in [5.41, 5.74) is 1.14. The lowest BCUT2D eigenvalue weighted by atomic mass is 10.2. The lowest BCUT2D eigenvalue weighted by Gasteiger charge is -2.03. The van der Waals surface area contributed by atoms with Crippen LogP contribution >= 0.6 is 15.9 Å². The van der Waals surface area contributed by atoms with Crippen molar-refractivity contribution in [3.63, 3.8) is 0 Å². The zero-order valence-electron chi connectivity index (χ0n) is 10.2. The molecule has 1 N–H and O–H groups in total. The van der Waals surface area contributed by atoms with Crippen LogP contribution in [0.25, 0.3) is 11.0 Å². The maximum absolute atomic E-state index is 13.1. The van der Waals surface area contributed by atoms with Gasteiger partial charge in [0, 0.05) is 11.1 Å². The summed E-state index contributed by atoms with van der Waals surface area (Å²) < 4.78 is 18.9. The first-order chi connectivity index (χ1) is 9.63. The number of hydrogen-bond donors (Lipinski definition) is 1. The summed E-state index contributed by atoms with van der Waals surface area (Å²) in [6.45, 7) is 0. The molecular weight excluding hydrogens is 325 g/mol. The molecule has 1 heterocycles. The minimum Gasteiger partial charge on any atom is -0.451 e. The quantitative estimate of drug-likeness (QED) is 0.745. The average molecular weight is 334 g/mol. The Morgan fingerprint density at radius 2 is 1.95 bits per heavy atom. The summed E-state index contributed by atoms with van der Waals surface area (Å²) in [4.78, 5) is 12.1. The molecule has 0 saturated heterocycles. The molecule has 5 heteroatoms. The Morgan fingerprint density at radius 3 is 2.70 bits per heavy atom. The van der Waals surface area contributed by atoms with Gasteiger partial charge in [-0.1, -0.05) is 18.2 Å². The van der Waals surface area contributed by atoms with Crippen molar-refractivity contribution in [1.29, 1.82) is 0 Å². The molecule has 2 aromatic carbocycles. The molecule has 0 aliphatic carbocycles. The van der Waals surface area contributed by atoms with Gasteiger partial charge in [-0.05, 0) is 46.3 Å². The molecule has 0 bridgehead atoms. The number of anilines is 1. The molecule has 0 unspecified atom stereocenters. The highest BCUT2D eigenvalue weighted by Crippen LogP contribution is 2.22. The van der Waals surface area contributed by atoms with Crippen LogP contribution in [0.5, 0.6) is 0 Å². The van der Waals surface area contributed by atoms with Crippen LogP contribution in [-0.2, 0) is 0 Å². The summed E-state index contributed by atoms with van der Waals surface area (Å²) >= 11 is 3.07. The molecule has 1 aromatic heterocycles. The number of halogens is 2. The Bertz CT molecular complexity index is 764. The van der Waals surface area contributed by atoms with E-state index in [1.165, 1.54) is 18.2 Å². The van der Waals surface area contributed by atoms with E-state index >= 15 is 0 Å². The van der Waals surface area contributed by atoms with Crippen molar-refractivity contribution in [2.75, 3.05) is 5.32 Å². The van der Waals surface area contributed by atoms with Crippen molar-refractivity contribution in [2.45, 2.75) is 0 Å². The highest BCUT2D eigenvalue weighted by atomic mass is 79.9. The molecule has 3 aromatic rings. The molecule has 1 amide bonds. The van der Waals surface area contributed by atoms with E-state index in [1.54, 1.807) is 12.1 Å². The van der Waals surface area contributed by atoms with Crippen LogP contribution in [0.15, 0.2) is 57.4 Å². The molecule has 3 nitrogen and oxygen atoms in total. The number of carbonyl (C=O) groups is 1. The summed E-state index contributed by atoms with van der Waals surface area (Å²) in [7, 11) is 0. The molecule has 0 aliphatic heterocycles. The lowest BCUT2D eigenvalue weighted by Crippen LogP contribution is -2.10. The van der Waals surface area contributed by atoms with Crippen LogP contribution in [0.2, 0.25) is 0 Å². The normalized spacial score (nSPS) is 10.7. The lowest BCUT2D eigenvalue weighted by molar-refractivity contribution is 0.0998. The summed E-state index contributed by atoms with van der Waals surface area (Å²) in [5, 5.41) is 3.52. The minimum absolute atomic E-state index is 0.214. The predicted octanol–water partition coefficient (Wildman–Crippen LogP) is 4.59. The van der Waals surface area contributed by atoms with Gasteiger partial charge >= 0.3 is 0 Å². The molecule has 100 valence electrons. The molecule has 3 rings (SSSR count). The second kappa shape index (κ2) is 5.09. The largest absolute Gasteiger partial charge is 0.451 e. The van der Waals surface area contributed by atoms with E-state index in [0.717, 1.165) is 5.39 Å². The van der Waals surface area contributed by atoms with Gasteiger partial charge in [0.05, 0.1) is 4.47 Å². The maximum atomic E-state index is 13.1. The second-order valence-electron chi connectivity index (χ2n) is 4.23. The van der Waals surface area contributed by atoms with Gasteiger partial charge in [0.25, 0.3) is 5.91 Å². The fourth-order valence-electron chi connectivity index (χ4n) is 1.86. The van der Waals surface area contributed by atoms with E-state index in [0.29, 0.717) is 15.7 Å². The van der Waals surface area contributed by atoms with E-state index in [9.17, 15) is 9.18 Å². The number of carbonyl (C=O) groups excluding carboxylic acids is 1. The van der Waals surface area contributed by atoms with Crippen molar-refractivity contribution >= 4 is 38.5 Å². The Labute approximate surface area is 122 Å². The third-order valence-electron chi connectivity index (χ3n) is 2.83. The third kappa shape index (κ3) is 2.44. The van der Waals surface area contributed by atoms with Gasteiger partial charge in [-0.25, -0.2) is 4.39 Å². The van der Waals surface area contributed by atoms with E-state index in [2.05, 4.69) is 21.2 Å². The summed E-state index contributed by atoms with van der Waals surface area (Å²) in [5.74, 6) is -0.543. The van der Waals surface area contributed by atoms with Crippen molar-refractivity contribution in [3.8, 4) is 0 Å². The monoisotopic (exact) mass is 333 g/mol. The molecule has 0 fully saturated rings. The molecule has 20 heavy (non-hydrogen) atoms. The number of amides is 1. The zero-order valence-corrected chi connectivity index (χ0v) is 11.8. The topological polar surface area (TPSA) is 42.2 Å². The number of fused-ring (bicyclic) bond motifs is 1. The molecule has 0 spiro atoms. The van der Waals surface area contributed by atoms with Gasteiger partial charge in [0.15, 0.2) is 5.76 Å². The smallest absolute Gasteiger partial charge is 0.291 e. The molecular formula is C15H9BrFNO2. The first-order valence-corrected chi connectivity index (χ1v) is 6.68. The predicted molar refractivity (Wildman–Crippen MR) is 78.3 cm³/mol. The number of benzene rings is 2. The SMILES string of the molecule is O=C(Nc1ccc(F)c(Br)c1)c1cc2ccccc2o1. The maximum Gasteiger partial charge on any atom is 0.291 e. The molecule has 0 saturated carbocycles. The zero-order chi connectivity index (χ0) is 14.1. The van der Waals surface area contributed by atoms with Crippen molar-refractivity contribution < 1.29 is 13.6 Å². The van der Waals surface area contributed by atoms with Crippen LogP contribution in [0.1, 0.15) is 10.6 Å². The number of rotatable bonds is 2. The molecule has 0 radical (unpaired) electrons. The van der Waals surface area contributed by atoms with Gasteiger partial charge in [-0.2, -0.15) is 0 Å². The first kappa shape index (κ1) is 12.9. The first-order valence-electron chi connectivity index (χ1n) is 5.88. The van der Waals surface area contributed by atoms with Gasteiger partial charge in [0.2, 0.25) is 0 Å². The standard InChI is InChI=1S/C15H9BrFNO2/c16-11-8-10(5-6-12(11)17)18-15(19)14-7-9-3-1-2-4-13(9)20-14/h1-8H,(H,18,19). The van der Waals surface area contributed by atoms with Crippen LogP contribution in [-0.4, -0.2) is 5.91 Å². The second-order valence-corrected chi connectivity index (χ2v) is 5.09. The fourth-order valence-corrected chi connectivity index (χ4v) is 2.24. The van der Waals surface area contributed by atoms with Crippen LogP contribution in [0.4, 0.5) is 10.1 Å². The third-order valence-corrected chi connectivity index (χ3v) is 3.43. The van der Waals surface area contributed by atoms with Crippen molar-refractivity contribution in [3.05, 3.63) is 64.6 Å². The van der Waals surface area contributed by atoms with E-state index < -0.39 is 0 Å². The van der Waals surface area contributed by atoms with Gasteiger partial charge in [-0.3, -0.25) is 4.79 Å². The molecule has 0 atom stereocenters. The van der Waals surface area contributed by atoms with Crippen molar-refractivity contribution in [2.24, 2.45) is 0 Å². The highest BCUT2D eigenvalue weighted by molar-refractivity contribution is 9.10. The van der Waals surface area contributed by atoms with E-state index in [1.807, 2.05) is 18.2 Å². The Balaban J connectivity index is 1.86. The van der Waals surface area contributed by atoms with Crippen molar-refractivity contribution in [1.82, 2.24) is 0 Å². The fraction of sp³-hybridized carbons (Fsp3) is 0. The Hall–Kier alpha value is -2.14. The minimum atomic E-state index is -0.383. The van der Waals surface area contributed by atoms with Gasteiger partial charge < -0.3 is 9.73 Å². The van der Waals surface area contributed by atoms with Gasteiger partial charge in [0.1, 0.15) is 11.4 Å².